The van der Waals surface area contributed by atoms with E-state index in [9.17, 15) is 14.4 Å². The third-order valence-electron chi connectivity index (χ3n) is 3.78. The maximum Gasteiger partial charge on any atom is 0.325 e. The molecular weight excluding hydrogens is 358 g/mol. The molecule has 1 aliphatic rings. The van der Waals surface area contributed by atoms with Gasteiger partial charge in [0, 0.05) is 0 Å². The Balaban J connectivity index is 2.22. The van der Waals surface area contributed by atoms with Gasteiger partial charge in [-0.2, -0.15) is 0 Å². The van der Waals surface area contributed by atoms with E-state index in [0.29, 0.717) is 17.1 Å². The van der Waals surface area contributed by atoms with Crippen LogP contribution in [0.4, 0.5) is 4.79 Å². The van der Waals surface area contributed by atoms with Crippen LogP contribution in [0.3, 0.4) is 0 Å². The molecule has 0 spiro atoms. The van der Waals surface area contributed by atoms with Crippen LogP contribution in [0.15, 0.2) is 23.1 Å². The highest BCUT2D eigenvalue weighted by Crippen LogP contribution is 2.34. The molecule has 0 aliphatic carbocycles. The van der Waals surface area contributed by atoms with Gasteiger partial charge in [-0.05, 0) is 48.9 Å². The minimum atomic E-state index is -0.651. The zero-order valence-corrected chi connectivity index (χ0v) is 15.9. The van der Waals surface area contributed by atoms with Crippen LogP contribution in [0.2, 0.25) is 0 Å². The first-order valence-corrected chi connectivity index (χ1v) is 8.88. The predicted molar refractivity (Wildman–Crippen MR) is 98.1 cm³/mol. The first-order valence-electron chi connectivity index (χ1n) is 8.06. The predicted octanol–water partition coefficient (Wildman–Crippen LogP) is 3.08. The lowest BCUT2D eigenvalue weighted by Crippen LogP contribution is -2.34. The number of carbonyl (C=O) groups is 3. The molecule has 0 unspecified atom stereocenters. The molecule has 1 atom stereocenters. The number of amides is 2. The molecule has 1 aromatic rings. The fourth-order valence-electron chi connectivity index (χ4n) is 2.15. The number of hydrogen-bond donors (Lipinski definition) is 0. The number of imide groups is 1. The summed E-state index contributed by atoms with van der Waals surface area (Å²) in [5.74, 6) is -0.0308. The van der Waals surface area contributed by atoms with Crippen LogP contribution in [-0.2, 0) is 14.3 Å². The SMILES string of the molecule is CC[C@@H](C)Oc1ccc(/C=C2\SC(=O)N(CC(=O)OC)C2=O)cc1OC. The zero-order chi connectivity index (χ0) is 19.3. The number of esters is 1. The molecular formula is C18H21NO6S. The standard InChI is InChI=1S/C18H21NO6S/c1-5-11(2)25-13-7-6-12(8-14(13)23-3)9-15-17(21)19(18(22)26-15)10-16(20)24-4/h6-9,11H,5,10H2,1-4H3/b15-9-/t11-/m1/s1. The van der Waals surface area contributed by atoms with Gasteiger partial charge >= 0.3 is 5.97 Å². The topological polar surface area (TPSA) is 82.1 Å². The zero-order valence-electron chi connectivity index (χ0n) is 15.1. The van der Waals surface area contributed by atoms with Crippen molar-refractivity contribution in [2.75, 3.05) is 20.8 Å². The minimum Gasteiger partial charge on any atom is -0.493 e. The van der Waals surface area contributed by atoms with Gasteiger partial charge in [0.15, 0.2) is 11.5 Å². The molecule has 0 saturated carbocycles. The molecule has 0 bridgehead atoms. The molecule has 2 rings (SSSR count). The Kier molecular flexibility index (Phi) is 6.68. The third-order valence-corrected chi connectivity index (χ3v) is 4.68. The van der Waals surface area contributed by atoms with Crippen LogP contribution in [0.25, 0.3) is 6.08 Å². The molecule has 8 heteroatoms. The van der Waals surface area contributed by atoms with Gasteiger partial charge in [-0.15, -0.1) is 0 Å². The van der Waals surface area contributed by atoms with Crippen LogP contribution in [-0.4, -0.2) is 48.9 Å². The first kappa shape index (κ1) is 19.8. The number of methoxy groups -OCH3 is 2. The Morgan fingerprint density at radius 1 is 1.27 bits per heavy atom. The highest BCUT2D eigenvalue weighted by molar-refractivity contribution is 8.18. The number of benzene rings is 1. The molecule has 140 valence electrons. The number of ether oxygens (including phenoxy) is 3. The van der Waals surface area contributed by atoms with E-state index in [-0.39, 0.29) is 11.0 Å². The van der Waals surface area contributed by atoms with Crippen molar-refractivity contribution in [1.29, 1.82) is 0 Å². The summed E-state index contributed by atoms with van der Waals surface area (Å²) in [5.41, 5.74) is 0.682. The van der Waals surface area contributed by atoms with Crippen molar-refractivity contribution in [2.45, 2.75) is 26.4 Å². The lowest BCUT2D eigenvalue weighted by molar-refractivity contribution is -0.143. The van der Waals surface area contributed by atoms with Crippen LogP contribution in [0.5, 0.6) is 11.5 Å². The molecule has 1 saturated heterocycles. The molecule has 1 fully saturated rings. The van der Waals surface area contributed by atoms with E-state index in [2.05, 4.69) is 4.74 Å². The van der Waals surface area contributed by atoms with Gasteiger partial charge in [0.1, 0.15) is 6.54 Å². The Morgan fingerprint density at radius 3 is 2.62 bits per heavy atom. The molecule has 1 aromatic carbocycles. The quantitative estimate of drug-likeness (QED) is 0.532. The summed E-state index contributed by atoms with van der Waals surface area (Å²) in [6, 6.07) is 5.26. The minimum absolute atomic E-state index is 0.0459. The molecule has 2 amide bonds. The largest absolute Gasteiger partial charge is 0.493 e. The van der Waals surface area contributed by atoms with E-state index in [0.717, 1.165) is 23.1 Å². The lowest BCUT2D eigenvalue weighted by Gasteiger charge is -2.15. The van der Waals surface area contributed by atoms with E-state index in [1.54, 1.807) is 24.3 Å². The highest BCUT2D eigenvalue weighted by atomic mass is 32.2. The number of rotatable bonds is 7. The fourth-order valence-corrected chi connectivity index (χ4v) is 2.99. The summed E-state index contributed by atoms with van der Waals surface area (Å²) < 4.78 is 15.6. The van der Waals surface area contributed by atoms with Crippen molar-refractivity contribution in [3.8, 4) is 11.5 Å². The van der Waals surface area contributed by atoms with E-state index in [4.69, 9.17) is 9.47 Å². The Hall–Kier alpha value is -2.48. The molecule has 0 aromatic heterocycles. The van der Waals surface area contributed by atoms with Gasteiger partial charge in [-0.1, -0.05) is 13.0 Å². The van der Waals surface area contributed by atoms with E-state index in [1.165, 1.54) is 14.2 Å². The van der Waals surface area contributed by atoms with Gasteiger partial charge in [0.05, 0.1) is 25.2 Å². The van der Waals surface area contributed by atoms with E-state index in [1.807, 2.05) is 13.8 Å². The van der Waals surface area contributed by atoms with Crippen LogP contribution >= 0.6 is 11.8 Å². The van der Waals surface area contributed by atoms with E-state index < -0.39 is 23.7 Å². The second-order valence-electron chi connectivity index (χ2n) is 5.59. The first-order chi connectivity index (χ1) is 12.4. The fraction of sp³-hybridized carbons (Fsp3) is 0.389. The lowest BCUT2D eigenvalue weighted by atomic mass is 10.1. The summed E-state index contributed by atoms with van der Waals surface area (Å²) in [6.07, 6.45) is 2.49. The summed E-state index contributed by atoms with van der Waals surface area (Å²) in [5, 5.41) is -0.504. The summed E-state index contributed by atoms with van der Waals surface area (Å²) in [6.45, 7) is 3.59. The maximum absolute atomic E-state index is 12.3. The van der Waals surface area contributed by atoms with Crippen molar-refractivity contribution < 1.29 is 28.6 Å². The molecule has 26 heavy (non-hydrogen) atoms. The van der Waals surface area contributed by atoms with Gasteiger partial charge in [-0.25, -0.2) is 0 Å². The van der Waals surface area contributed by atoms with Crippen LogP contribution in [0.1, 0.15) is 25.8 Å². The van der Waals surface area contributed by atoms with Crippen molar-refractivity contribution in [3.63, 3.8) is 0 Å². The smallest absolute Gasteiger partial charge is 0.325 e. The third kappa shape index (κ3) is 4.57. The monoisotopic (exact) mass is 379 g/mol. The van der Waals surface area contributed by atoms with Crippen molar-refractivity contribution in [3.05, 3.63) is 28.7 Å². The Bertz CT molecular complexity index is 745. The summed E-state index contributed by atoms with van der Waals surface area (Å²) in [7, 11) is 2.74. The Morgan fingerprint density at radius 2 is 2.00 bits per heavy atom. The van der Waals surface area contributed by atoms with Gasteiger partial charge < -0.3 is 14.2 Å². The Labute approximate surface area is 156 Å². The number of hydrogen-bond acceptors (Lipinski definition) is 7. The van der Waals surface area contributed by atoms with Crippen molar-refractivity contribution in [2.24, 2.45) is 0 Å². The van der Waals surface area contributed by atoms with Crippen LogP contribution < -0.4 is 9.47 Å². The number of thioether (sulfide) groups is 1. The molecule has 0 N–H and O–H groups in total. The normalized spacial score (nSPS) is 16.8. The summed E-state index contributed by atoms with van der Waals surface area (Å²) >= 11 is 0.780. The van der Waals surface area contributed by atoms with Gasteiger partial charge in [-0.3, -0.25) is 19.3 Å². The van der Waals surface area contributed by atoms with Crippen LogP contribution in [0, 0.1) is 0 Å². The summed E-state index contributed by atoms with van der Waals surface area (Å²) in [4.78, 5) is 36.7. The molecule has 7 nitrogen and oxygen atoms in total. The second kappa shape index (κ2) is 8.75. The van der Waals surface area contributed by atoms with Gasteiger partial charge in [0.2, 0.25) is 0 Å². The van der Waals surface area contributed by atoms with Crippen molar-refractivity contribution in [1.82, 2.24) is 4.90 Å². The molecule has 0 radical (unpaired) electrons. The molecule has 1 heterocycles. The second-order valence-corrected chi connectivity index (χ2v) is 6.58. The van der Waals surface area contributed by atoms with Crippen molar-refractivity contribution >= 4 is 35.0 Å². The maximum atomic E-state index is 12.3. The van der Waals surface area contributed by atoms with Gasteiger partial charge in [0.25, 0.3) is 11.1 Å². The molecule has 1 aliphatic heterocycles. The average Bonchev–Trinajstić information content (AvgIpc) is 2.89. The average molecular weight is 379 g/mol. The highest BCUT2D eigenvalue weighted by Gasteiger charge is 2.36. The number of nitrogens with zero attached hydrogens (tertiary/aromatic N) is 1. The van der Waals surface area contributed by atoms with E-state index >= 15 is 0 Å². The number of carbonyl (C=O) groups excluding carboxylic acids is 3.